The van der Waals surface area contributed by atoms with Gasteiger partial charge >= 0.3 is 0 Å². The molecule has 0 spiro atoms. The van der Waals surface area contributed by atoms with E-state index in [-0.39, 0.29) is 23.4 Å². The lowest BCUT2D eigenvalue weighted by Crippen LogP contribution is -2.42. The minimum Gasteiger partial charge on any atom is -0.497 e. The third kappa shape index (κ3) is 4.99. The lowest BCUT2D eigenvalue weighted by Gasteiger charge is -2.32. The molecule has 3 rings (SSSR count). The average molecular weight is 435 g/mol. The van der Waals surface area contributed by atoms with Gasteiger partial charge in [-0.2, -0.15) is 4.31 Å². The highest BCUT2D eigenvalue weighted by Gasteiger charge is 2.30. The molecule has 8 heteroatoms. The van der Waals surface area contributed by atoms with Crippen molar-refractivity contribution in [2.24, 2.45) is 0 Å². The molecule has 0 radical (unpaired) electrons. The normalized spacial score (nSPS) is 17.6. The van der Waals surface area contributed by atoms with Gasteiger partial charge in [-0.3, -0.25) is 4.79 Å². The number of halogens is 1. The molecule has 162 valence electrons. The molecule has 0 aromatic heterocycles. The van der Waals surface area contributed by atoms with Crippen LogP contribution in [0.15, 0.2) is 53.4 Å². The number of likely N-dealkylation sites (N-methyl/N-ethyl adjacent to an activating group) is 1. The third-order valence-corrected chi connectivity index (χ3v) is 7.27. The van der Waals surface area contributed by atoms with Crippen LogP contribution in [0.5, 0.6) is 5.75 Å². The summed E-state index contributed by atoms with van der Waals surface area (Å²) < 4.78 is 44.9. The van der Waals surface area contributed by atoms with E-state index in [0.717, 1.165) is 53.4 Å². The molecule has 0 unspecified atom stereocenters. The first-order chi connectivity index (χ1) is 14.3. The molecule has 1 amide bonds. The Balaban J connectivity index is 1.78. The van der Waals surface area contributed by atoms with Gasteiger partial charge in [-0.15, -0.1) is 0 Å². The molecule has 0 saturated carbocycles. The Morgan fingerprint density at radius 2 is 1.77 bits per heavy atom. The Morgan fingerprint density at radius 1 is 1.10 bits per heavy atom. The standard InChI is InChI=1S/C22H27FN2O4S/c1-24(30(27,28)20-13-9-18(23)10-14-20)16-22(26)25-15-5-3-4-6-21(25)17-7-11-19(29-2)12-8-17/h7-14,21H,3-6,15-16H2,1-2H3/t21-/m1/s1. The van der Waals surface area contributed by atoms with E-state index >= 15 is 0 Å². The second-order valence-corrected chi connectivity index (χ2v) is 9.49. The molecule has 2 aromatic rings. The summed E-state index contributed by atoms with van der Waals surface area (Å²) in [6.45, 7) is 0.312. The maximum Gasteiger partial charge on any atom is 0.243 e. The maximum atomic E-state index is 13.1. The fraction of sp³-hybridized carbons (Fsp3) is 0.409. The molecule has 0 bridgehead atoms. The summed E-state index contributed by atoms with van der Waals surface area (Å²) in [5, 5.41) is 0. The zero-order chi connectivity index (χ0) is 21.7. The first kappa shape index (κ1) is 22.2. The molecule has 0 N–H and O–H groups in total. The Bertz CT molecular complexity index is 962. The predicted octanol–water partition coefficient (Wildman–Crippen LogP) is 3.60. The molecule has 1 aliphatic rings. The van der Waals surface area contributed by atoms with Gasteiger partial charge in [-0.25, -0.2) is 12.8 Å². The van der Waals surface area contributed by atoms with Crippen molar-refractivity contribution in [3.05, 3.63) is 59.9 Å². The summed E-state index contributed by atoms with van der Waals surface area (Å²) in [7, 11) is -0.910. The molecule has 1 aliphatic heterocycles. The van der Waals surface area contributed by atoms with Crippen LogP contribution in [0.3, 0.4) is 0 Å². The van der Waals surface area contributed by atoms with Gasteiger partial charge in [-0.05, 0) is 54.8 Å². The van der Waals surface area contributed by atoms with Crippen LogP contribution in [-0.4, -0.2) is 50.8 Å². The van der Waals surface area contributed by atoms with Crippen LogP contribution in [0, 0.1) is 5.82 Å². The van der Waals surface area contributed by atoms with Crippen LogP contribution in [0.4, 0.5) is 4.39 Å². The molecule has 1 heterocycles. The third-order valence-electron chi connectivity index (χ3n) is 5.45. The molecule has 30 heavy (non-hydrogen) atoms. The van der Waals surface area contributed by atoms with E-state index in [2.05, 4.69) is 0 Å². The SMILES string of the molecule is COc1ccc([C@H]2CCCCCN2C(=O)CN(C)S(=O)(=O)c2ccc(F)cc2)cc1. The summed E-state index contributed by atoms with van der Waals surface area (Å²) in [6.07, 6.45) is 3.74. The number of nitrogens with zero attached hydrogens (tertiary/aromatic N) is 2. The van der Waals surface area contributed by atoms with E-state index in [4.69, 9.17) is 4.74 Å². The van der Waals surface area contributed by atoms with Crippen LogP contribution in [-0.2, 0) is 14.8 Å². The van der Waals surface area contributed by atoms with Crippen LogP contribution in [0.2, 0.25) is 0 Å². The number of amides is 1. The van der Waals surface area contributed by atoms with Crippen molar-refractivity contribution < 1.29 is 22.3 Å². The minimum absolute atomic E-state index is 0.0400. The molecular weight excluding hydrogens is 407 g/mol. The highest BCUT2D eigenvalue weighted by atomic mass is 32.2. The summed E-state index contributed by atoms with van der Waals surface area (Å²) in [5.41, 5.74) is 1.01. The first-order valence-corrected chi connectivity index (χ1v) is 11.4. The van der Waals surface area contributed by atoms with Gasteiger partial charge in [0, 0.05) is 13.6 Å². The van der Waals surface area contributed by atoms with E-state index in [0.29, 0.717) is 6.54 Å². The van der Waals surface area contributed by atoms with Gasteiger partial charge in [0.05, 0.1) is 24.6 Å². The fourth-order valence-electron chi connectivity index (χ4n) is 3.73. The Kier molecular flexibility index (Phi) is 7.10. The van der Waals surface area contributed by atoms with Gasteiger partial charge in [0.15, 0.2) is 0 Å². The lowest BCUT2D eigenvalue weighted by atomic mass is 10.0. The van der Waals surface area contributed by atoms with Crippen molar-refractivity contribution in [1.29, 1.82) is 0 Å². The van der Waals surface area contributed by atoms with E-state index < -0.39 is 15.8 Å². The Labute approximate surface area is 177 Å². The van der Waals surface area contributed by atoms with Crippen molar-refractivity contribution >= 4 is 15.9 Å². The topological polar surface area (TPSA) is 66.9 Å². The maximum absolute atomic E-state index is 13.1. The molecular formula is C22H27FN2O4S. The van der Waals surface area contributed by atoms with Gasteiger partial charge in [0.1, 0.15) is 11.6 Å². The summed E-state index contributed by atoms with van der Waals surface area (Å²) >= 11 is 0. The van der Waals surface area contributed by atoms with Crippen molar-refractivity contribution in [2.75, 3.05) is 27.2 Å². The van der Waals surface area contributed by atoms with Crippen molar-refractivity contribution in [2.45, 2.75) is 36.6 Å². The molecule has 1 fully saturated rings. The number of hydrogen-bond donors (Lipinski definition) is 0. The fourth-order valence-corrected chi connectivity index (χ4v) is 4.85. The largest absolute Gasteiger partial charge is 0.497 e. The van der Waals surface area contributed by atoms with Gasteiger partial charge in [-0.1, -0.05) is 25.0 Å². The van der Waals surface area contributed by atoms with E-state index in [1.54, 1.807) is 12.0 Å². The molecule has 1 atom stereocenters. The second-order valence-electron chi connectivity index (χ2n) is 7.44. The molecule has 6 nitrogen and oxygen atoms in total. The average Bonchev–Trinajstić information content (AvgIpc) is 3.00. The van der Waals surface area contributed by atoms with Crippen LogP contribution in [0.1, 0.15) is 37.3 Å². The number of methoxy groups -OCH3 is 1. The molecule has 2 aromatic carbocycles. The number of sulfonamides is 1. The van der Waals surface area contributed by atoms with Crippen molar-refractivity contribution in [3.63, 3.8) is 0 Å². The predicted molar refractivity (Wildman–Crippen MR) is 112 cm³/mol. The second kappa shape index (κ2) is 9.57. The van der Waals surface area contributed by atoms with E-state index in [1.165, 1.54) is 19.2 Å². The van der Waals surface area contributed by atoms with Gasteiger partial charge in [0.25, 0.3) is 0 Å². The zero-order valence-electron chi connectivity index (χ0n) is 17.3. The summed E-state index contributed by atoms with van der Waals surface area (Å²) in [5.74, 6) is -0.0131. The number of carbonyl (C=O) groups is 1. The lowest BCUT2D eigenvalue weighted by molar-refractivity contribution is -0.133. The number of carbonyl (C=O) groups excluding carboxylic acids is 1. The van der Waals surface area contributed by atoms with Gasteiger partial charge in [0.2, 0.25) is 15.9 Å². The van der Waals surface area contributed by atoms with Crippen LogP contribution in [0.25, 0.3) is 0 Å². The highest BCUT2D eigenvalue weighted by Crippen LogP contribution is 2.31. The number of rotatable bonds is 6. The Morgan fingerprint density at radius 3 is 2.40 bits per heavy atom. The zero-order valence-corrected chi connectivity index (χ0v) is 18.1. The van der Waals surface area contributed by atoms with Crippen molar-refractivity contribution in [1.82, 2.24) is 9.21 Å². The van der Waals surface area contributed by atoms with E-state index in [9.17, 15) is 17.6 Å². The summed E-state index contributed by atoms with van der Waals surface area (Å²) in [4.78, 5) is 14.9. The number of ether oxygens (including phenoxy) is 1. The van der Waals surface area contributed by atoms with Crippen LogP contribution < -0.4 is 4.74 Å². The minimum atomic E-state index is -3.89. The quantitative estimate of drug-likeness (QED) is 0.697. The van der Waals surface area contributed by atoms with Crippen LogP contribution >= 0.6 is 0 Å². The number of likely N-dealkylation sites (tertiary alicyclic amines) is 1. The monoisotopic (exact) mass is 434 g/mol. The highest BCUT2D eigenvalue weighted by molar-refractivity contribution is 7.89. The first-order valence-electron chi connectivity index (χ1n) is 9.98. The molecule has 1 saturated heterocycles. The number of benzene rings is 2. The van der Waals surface area contributed by atoms with Gasteiger partial charge < -0.3 is 9.64 Å². The summed E-state index contributed by atoms with van der Waals surface area (Å²) in [6, 6.07) is 12.1. The van der Waals surface area contributed by atoms with E-state index in [1.807, 2.05) is 24.3 Å². The smallest absolute Gasteiger partial charge is 0.243 e. The molecule has 0 aliphatic carbocycles. The number of hydrogen-bond acceptors (Lipinski definition) is 4. The Hall–Kier alpha value is -2.45. The van der Waals surface area contributed by atoms with Crippen molar-refractivity contribution in [3.8, 4) is 5.75 Å².